The van der Waals surface area contributed by atoms with Crippen molar-refractivity contribution in [3.63, 3.8) is 0 Å². The molecule has 0 saturated heterocycles. The highest BCUT2D eigenvalue weighted by Crippen LogP contribution is 2.17. The Morgan fingerprint density at radius 2 is 1.75 bits per heavy atom. The first kappa shape index (κ1) is 13.9. The molecule has 0 spiro atoms. The highest BCUT2D eigenvalue weighted by molar-refractivity contribution is 5.92. The minimum atomic E-state index is -0.206. The van der Waals surface area contributed by atoms with Crippen LogP contribution in [0.5, 0.6) is 11.5 Å². The van der Waals surface area contributed by atoms with E-state index in [0.29, 0.717) is 18.0 Å². The normalized spacial score (nSPS) is 9.85. The minimum Gasteiger partial charge on any atom is -0.494 e. The van der Waals surface area contributed by atoms with E-state index < -0.39 is 0 Å². The number of amides is 1. The molecule has 1 N–H and O–H groups in total. The topological polar surface area (TPSA) is 47.6 Å². The third-order valence-electron chi connectivity index (χ3n) is 2.54. The number of hydrogen-bond donors (Lipinski definition) is 1. The van der Waals surface area contributed by atoms with Crippen molar-refractivity contribution >= 4 is 11.6 Å². The van der Waals surface area contributed by atoms with Crippen molar-refractivity contribution in [2.24, 2.45) is 0 Å². The van der Waals surface area contributed by atoms with Crippen LogP contribution in [0.3, 0.4) is 0 Å². The Balaban J connectivity index is 1.86. The molecule has 20 heavy (non-hydrogen) atoms. The molecule has 0 bridgehead atoms. The van der Waals surface area contributed by atoms with E-state index >= 15 is 0 Å². The first-order valence-electron chi connectivity index (χ1n) is 6.48. The van der Waals surface area contributed by atoms with Crippen molar-refractivity contribution in [1.82, 2.24) is 0 Å². The molecule has 0 atom stereocenters. The standard InChI is InChI=1S/C16H17NO3/c1-2-19-15-10-6-7-13(11-15)17-16(18)12-20-14-8-4-3-5-9-14/h3-11H,2,12H2,1H3,(H,17,18). The van der Waals surface area contributed by atoms with Gasteiger partial charge in [-0.2, -0.15) is 0 Å². The molecule has 0 radical (unpaired) electrons. The maximum absolute atomic E-state index is 11.8. The first-order chi connectivity index (χ1) is 9.78. The van der Waals surface area contributed by atoms with E-state index in [2.05, 4.69) is 5.32 Å². The predicted octanol–water partition coefficient (Wildman–Crippen LogP) is 3.10. The molecule has 0 aromatic heterocycles. The molecular formula is C16H17NO3. The SMILES string of the molecule is CCOc1cccc(NC(=O)COc2ccccc2)c1. The summed E-state index contributed by atoms with van der Waals surface area (Å²) in [7, 11) is 0. The monoisotopic (exact) mass is 271 g/mol. The zero-order valence-corrected chi connectivity index (χ0v) is 11.3. The second-order valence-corrected chi connectivity index (χ2v) is 4.11. The number of rotatable bonds is 6. The number of para-hydroxylation sites is 1. The van der Waals surface area contributed by atoms with E-state index in [9.17, 15) is 4.79 Å². The molecule has 0 unspecified atom stereocenters. The van der Waals surface area contributed by atoms with Gasteiger partial charge in [-0.05, 0) is 31.2 Å². The number of benzene rings is 2. The average Bonchev–Trinajstić information content (AvgIpc) is 2.47. The molecule has 2 rings (SSSR count). The van der Waals surface area contributed by atoms with Crippen LogP contribution in [0.2, 0.25) is 0 Å². The predicted molar refractivity (Wildman–Crippen MR) is 78.2 cm³/mol. The summed E-state index contributed by atoms with van der Waals surface area (Å²) in [5.74, 6) is 1.20. The maximum atomic E-state index is 11.8. The molecule has 4 heteroatoms. The van der Waals surface area contributed by atoms with Crippen molar-refractivity contribution in [1.29, 1.82) is 0 Å². The Labute approximate surface area is 118 Å². The molecule has 2 aromatic rings. The Hall–Kier alpha value is -2.49. The molecule has 1 amide bonds. The lowest BCUT2D eigenvalue weighted by atomic mass is 10.3. The smallest absolute Gasteiger partial charge is 0.262 e. The quantitative estimate of drug-likeness (QED) is 0.878. The van der Waals surface area contributed by atoms with E-state index in [-0.39, 0.29) is 12.5 Å². The van der Waals surface area contributed by atoms with Gasteiger partial charge in [0.25, 0.3) is 5.91 Å². The van der Waals surface area contributed by atoms with E-state index in [0.717, 1.165) is 5.75 Å². The van der Waals surface area contributed by atoms with Crippen molar-refractivity contribution in [2.45, 2.75) is 6.92 Å². The fourth-order valence-electron chi connectivity index (χ4n) is 1.69. The summed E-state index contributed by atoms with van der Waals surface area (Å²) >= 11 is 0. The third-order valence-corrected chi connectivity index (χ3v) is 2.54. The molecule has 4 nitrogen and oxygen atoms in total. The Kier molecular flexibility index (Phi) is 5.00. The van der Waals surface area contributed by atoms with Gasteiger partial charge >= 0.3 is 0 Å². The number of anilines is 1. The number of carbonyl (C=O) groups excluding carboxylic acids is 1. The summed E-state index contributed by atoms with van der Waals surface area (Å²) in [5.41, 5.74) is 0.692. The van der Waals surface area contributed by atoms with E-state index in [1.165, 1.54) is 0 Å². The van der Waals surface area contributed by atoms with Gasteiger partial charge in [-0.3, -0.25) is 4.79 Å². The van der Waals surface area contributed by atoms with Crippen molar-refractivity contribution in [3.8, 4) is 11.5 Å². The Bertz CT molecular complexity index is 555. The van der Waals surface area contributed by atoms with Gasteiger partial charge in [0.2, 0.25) is 0 Å². The molecule has 0 saturated carbocycles. The Morgan fingerprint density at radius 1 is 1.00 bits per heavy atom. The molecule has 0 heterocycles. The first-order valence-corrected chi connectivity index (χ1v) is 6.48. The van der Waals surface area contributed by atoms with Crippen molar-refractivity contribution < 1.29 is 14.3 Å². The van der Waals surface area contributed by atoms with Crippen LogP contribution in [0, 0.1) is 0 Å². The summed E-state index contributed by atoms with van der Waals surface area (Å²) < 4.78 is 10.7. The molecular weight excluding hydrogens is 254 g/mol. The summed E-state index contributed by atoms with van der Waals surface area (Å²) in [5, 5.41) is 2.77. The summed E-state index contributed by atoms with van der Waals surface area (Å²) in [4.78, 5) is 11.8. The fraction of sp³-hybridized carbons (Fsp3) is 0.188. The Morgan fingerprint density at radius 3 is 2.50 bits per heavy atom. The molecule has 0 aliphatic heterocycles. The number of hydrogen-bond acceptors (Lipinski definition) is 3. The summed E-state index contributed by atoms with van der Waals surface area (Å²) in [6, 6.07) is 16.5. The lowest BCUT2D eigenvalue weighted by Gasteiger charge is -2.09. The van der Waals surface area contributed by atoms with Crippen LogP contribution in [0.25, 0.3) is 0 Å². The van der Waals surface area contributed by atoms with Crippen molar-refractivity contribution in [2.75, 3.05) is 18.5 Å². The van der Waals surface area contributed by atoms with Gasteiger partial charge in [0.15, 0.2) is 6.61 Å². The van der Waals surface area contributed by atoms with Crippen LogP contribution in [0.4, 0.5) is 5.69 Å². The highest BCUT2D eigenvalue weighted by Gasteiger charge is 2.04. The lowest BCUT2D eigenvalue weighted by molar-refractivity contribution is -0.118. The largest absolute Gasteiger partial charge is 0.494 e. The molecule has 0 aliphatic rings. The molecule has 0 aliphatic carbocycles. The number of ether oxygens (including phenoxy) is 2. The minimum absolute atomic E-state index is 0.0249. The number of nitrogens with one attached hydrogen (secondary N) is 1. The van der Waals surface area contributed by atoms with Gasteiger partial charge in [0.1, 0.15) is 11.5 Å². The third kappa shape index (κ3) is 4.31. The lowest BCUT2D eigenvalue weighted by Crippen LogP contribution is -2.20. The van der Waals surface area contributed by atoms with E-state index in [4.69, 9.17) is 9.47 Å². The van der Waals surface area contributed by atoms with Gasteiger partial charge in [0, 0.05) is 11.8 Å². The van der Waals surface area contributed by atoms with Gasteiger partial charge in [-0.1, -0.05) is 24.3 Å². The molecule has 104 valence electrons. The zero-order valence-electron chi connectivity index (χ0n) is 11.3. The van der Waals surface area contributed by atoms with Crippen LogP contribution in [-0.4, -0.2) is 19.1 Å². The second kappa shape index (κ2) is 7.19. The molecule has 0 fully saturated rings. The van der Waals surface area contributed by atoms with Gasteiger partial charge in [-0.25, -0.2) is 0 Å². The zero-order chi connectivity index (χ0) is 14.2. The highest BCUT2D eigenvalue weighted by atomic mass is 16.5. The maximum Gasteiger partial charge on any atom is 0.262 e. The van der Waals surface area contributed by atoms with Gasteiger partial charge in [0.05, 0.1) is 6.61 Å². The number of carbonyl (C=O) groups is 1. The van der Waals surface area contributed by atoms with E-state index in [1.54, 1.807) is 6.07 Å². The van der Waals surface area contributed by atoms with Gasteiger partial charge in [-0.15, -0.1) is 0 Å². The van der Waals surface area contributed by atoms with E-state index in [1.807, 2.05) is 55.5 Å². The average molecular weight is 271 g/mol. The van der Waals surface area contributed by atoms with Crippen LogP contribution in [-0.2, 0) is 4.79 Å². The van der Waals surface area contributed by atoms with Gasteiger partial charge < -0.3 is 14.8 Å². The van der Waals surface area contributed by atoms with Crippen LogP contribution >= 0.6 is 0 Å². The summed E-state index contributed by atoms with van der Waals surface area (Å²) in [6.07, 6.45) is 0. The van der Waals surface area contributed by atoms with Crippen LogP contribution in [0.15, 0.2) is 54.6 Å². The summed E-state index contributed by atoms with van der Waals surface area (Å²) in [6.45, 7) is 2.48. The van der Waals surface area contributed by atoms with Crippen molar-refractivity contribution in [3.05, 3.63) is 54.6 Å². The fourth-order valence-corrected chi connectivity index (χ4v) is 1.69. The second-order valence-electron chi connectivity index (χ2n) is 4.11. The van der Waals surface area contributed by atoms with Crippen LogP contribution in [0.1, 0.15) is 6.92 Å². The molecule has 2 aromatic carbocycles. The van der Waals surface area contributed by atoms with Crippen LogP contribution < -0.4 is 14.8 Å².